The Morgan fingerprint density at radius 2 is 2.39 bits per heavy atom. The molecule has 0 radical (unpaired) electrons. The van der Waals surface area contributed by atoms with E-state index >= 15 is 0 Å². The van der Waals surface area contributed by atoms with E-state index in [0.29, 0.717) is 6.42 Å². The summed E-state index contributed by atoms with van der Waals surface area (Å²) in [6.45, 7) is 0.205. The van der Waals surface area contributed by atoms with Gasteiger partial charge in [-0.25, -0.2) is 0 Å². The summed E-state index contributed by atoms with van der Waals surface area (Å²) in [4.78, 5) is 24.4. The highest BCUT2D eigenvalue weighted by atomic mass is 35.5. The lowest BCUT2D eigenvalue weighted by atomic mass is 10.4. The topological polar surface area (TPSA) is 100 Å². The third-order valence-corrected chi connectivity index (χ3v) is 3.20. The second-order valence-electron chi connectivity index (χ2n) is 3.75. The standard InChI is InChI=1S/C8H8Cl2N4O4/c9-8(10)3-5(8)6(15)18-2-1-13-4-11-7(12-13)14(16)17/h4-5H,1-3H2/t5-/m1/s1. The average molecular weight is 295 g/mol. The van der Waals surface area contributed by atoms with E-state index in [1.807, 2.05) is 0 Å². The summed E-state index contributed by atoms with van der Waals surface area (Å²) < 4.78 is 5.11. The van der Waals surface area contributed by atoms with Crippen molar-refractivity contribution in [3.63, 3.8) is 0 Å². The molecule has 1 aliphatic carbocycles. The van der Waals surface area contributed by atoms with Gasteiger partial charge in [0.05, 0.1) is 12.5 Å². The maximum Gasteiger partial charge on any atom is 0.490 e. The Balaban J connectivity index is 1.75. The van der Waals surface area contributed by atoms with Gasteiger partial charge in [-0.3, -0.25) is 4.79 Å². The summed E-state index contributed by atoms with van der Waals surface area (Å²) in [6.07, 6.45) is 1.57. The van der Waals surface area contributed by atoms with Gasteiger partial charge in [-0.2, -0.15) is 4.68 Å². The Morgan fingerprint density at radius 1 is 1.72 bits per heavy atom. The molecule has 10 heteroatoms. The Hall–Kier alpha value is -1.41. The van der Waals surface area contributed by atoms with Gasteiger partial charge >= 0.3 is 11.9 Å². The number of ether oxygens (including phenoxy) is 1. The minimum absolute atomic E-state index is 0.0275. The summed E-state index contributed by atoms with van der Waals surface area (Å²) >= 11 is 11.4. The highest BCUT2D eigenvalue weighted by Crippen LogP contribution is 2.53. The second-order valence-corrected chi connectivity index (χ2v) is 5.29. The summed E-state index contributed by atoms with van der Waals surface area (Å²) in [7, 11) is 0. The number of hydrogen-bond donors (Lipinski definition) is 0. The monoisotopic (exact) mass is 294 g/mol. The third-order valence-electron chi connectivity index (χ3n) is 2.36. The fourth-order valence-electron chi connectivity index (χ4n) is 1.29. The van der Waals surface area contributed by atoms with Gasteiger partial charge in [-0.1, -0.05) is 4.98 Å². The van der Waals surface area contributed by atoms with Crippen LogP contribution in [-0.4, -0.2) is 36.6 Å². The fourth-order valence-corrected chi connectivity index (χ4v) is 1.77. The number of halogens is 2. The van der Waals surface area contributed by atoms with Crippen LogP contribution in [0.2, 0.25) is 0 Å². The van der Waals surface area contributed by atoms with E-state index in [1.165, 1.54) is 11.0 Å². The van der Waals surface area contributed by atoms with Crippen LogP contribution in [0, 0.1) is 16.0 Å². The lowest BCUT2D eigenvalue weighted by Crippen LogP contribution is -2.15. The van der Waals surface area contributed by atoms with Crippen LogP contribution in [0.1, 0.15) is 6.42 Å². The van der Waals surface area contributed by atoms with Crippen LogP contribution < -0.4 is 0 Å². The molecule has 18 heavy (non-hydrogen) atoms. The van der Waals surface area contributed by atoms with Gasteiger partial charge in [0.25, 0.3) is 0 Å². The van der Waals surface area contributed by atoms with Crippen LogP contribution in [-0.2, 0) is 16.1 Å². The van der Waals surface area contributed by atoms with Crippen LogP contribution in [0.25, 0.3) is 0 Å². The van der Waals surface area contributed by atoms with Gasteiger partial charge in [0, 0.05) is 5.10 Å². The number of nitro groups is 1. The molecular formula is C8H8Cl2N4O4. The molecular weight excluding hydrogens is 287 g/mol. The van der Waals surface area contributed by atoms with Gasteiger partial charge in [0.15, 0.2) is 0 Å². The lowest BCUT2D eigenvalue weighted by Gasteiger charge is -2.02. The summed E-state index contributed by atoms with van der Waals surface area (Å²) in [5, 5.41) is 13.9. The number of carbonyl (C=O) groups is 1. The van der Waals surface area contributed by atoms with Crippen molar-refractivity contribution in [1.82, 2.24) is 14.8 Å². The predicted octanol–water partition coefficient (Wildman–Crippen LogP) is 0.923. The summed E-state index contributed by atoms with van der Waals surface area (Å²) in [6, 6.07) is 0. The molecule has 0 bridgehead atoms. The van der Waals surface area contributed by atoms with Crippen LogP contribution in [0.4, 0.5) is 5.95 Å². The van der Waals surface area contributed by atoms with E-state index in [4.69, 9.17) is 27.9 Å². The highest BCUT2D eigenvalue weighted by Gasteiger charge is 2.57. The summed E-state index contributed by atoms with van der Waals surface area (Å²) in [5.41, 5.74) is 0. The van der Waals surface area contributed by atoms with Crippen molar-refractivity contribution in [2.45, 2.75) is 17.3 Å². The van der Waals surface area contributed by atoms with Crippen molar-refractivity contribution in [3.8, 4) is 0 Å². The Labute approximate surface area is 111 Å². The van der Waals surface area contributed by atoms with Crippen molar-refractivity contribution in [2.24, 2.45) is 5.92 Å². The SMILES string of the molecule is O=C(OCCn1cnc([N+](=O)[O-])n1)[C@H]1CC1(Cl)Cl. The first kappa shape index (κ1) is 13.0. The lowest BCUT2D eigenvalue weighted by molar-refractivity contribution is -0.394. The molecule has 0 saturated heterocycles. The molecule has 1 saturated carbocycles. The molecule has 0 unspecified atom stereocenters. The number of rotatable bonds is 5. The molecule has 1 atom stereocenters. The Kier molecular flexibility index (Phi) is 3.40. The predicted molar refractivity (Wildman–Crippen MR) is 60.2 cm³/mol. The first-order valence-corrected chi connectivity index (χ1v) is 5.74. The zero-order valence-electron chi connectivity index (χ0n) is 8.95. The van der Waals surface area contributed by atoms with Gasteiger partial charge in [0.1, 0.15) is 10.9 Å². The normalized spacial score (nSPS) is 20.4. The molecule has 1 aromatic rings. The number of hydrogen-bond acceptors (Lipinski definition) is 6. The smallest absolute Gasteiger partial charge is 0.463 e. The zero-order chi connectivity index (χ0) is 13.3. The molecule has 0 aromatic carbocycles. The van der Waals surface area contributed by atoms with Gasteiger partial charge in [0.2, 0.25) is 6.33 Å². The van der Waals surface area contributed by atoms with E-state index in [9.17, 15) is 14.9 Å². The van der Waals surface area contributed by atoms with E-state index in [-0.39, 0.29) is 13.2 Å². The van der Waals surface area contributed by atoms with E-state index < -0.39 is 27.1 Å². The van der Waals surface area contributed by atoms with E-state index in [1.54, 1.807) is 0 Å². The first-order valence-electron chi connectivity index (χ1n) is 4.98. The van der Waals surface area contributed by atoms with Crippen LogP contribution in [0.15, 0.2) is 6.33 Å². The number of carbonyl (C=O) groups excluding carboxylic acids is 1. The highest BCUT2D eigenvalue weighted by molar-refractivity contribution is 6.52. The average Bonchev–Trinajstić information content (AvgIpc) is 2.75. The molecule has 8 nitrogen and oxygen atoms in total. The number of aromatic nitrogens is 3. The van der Waals surface area contributed by atoms with Crippen molar-refractivity contribution in [1.29, 1.82) is 0 Å². The second kappa shape index (κ2) is 4.69. The molecule has 98 valence electrons. The zero-order valence-corrected chi connectivity index (χ0v) is 10.5. The molecule has 1 fully saturated rings. The Bertz CT molecular complexity index is 489. The number of alkyl halides is 2. The molecule has 0 spiro atoms. The molecule has 0 amide bonds. The molecule has 2 rings (SSSR count). The van der Waals surface area contributed by atoms with Crippen LogP contribution in [0.5, 0.6) is 0 Å². The van der Waals surface area contributed by atoms with Crippen LogP contribution >= 0.6 is 23.2 Å². The van der Waals surface area contributed by atoms with Crippen molar-refractivity contribution in [2.75, 3.05) is 6.61 Å². The first-order chi connectivity index (χ1) is 8.40. The minimum Gasteiger partial charge on any atom is -0.463 e. The third kappa shape index (κ3) is 2.88. The maximum absolute atomic E-state index is 11.4. The largest absolute Gasteiger partial charge is 0.490 e. The van der Waals surface area contributed by atoms with Gasteiger partial charge in [-0.05, 0) is 11.3 Å². The van der Waals surface area contributed by atoms with Crippen molar-refractivity contribution < 1.29 is 14.5 Å². The molecule has 0 aliphatic heterocycles. The molecule has 0 N–H and O–H groups in total. The fraction of sp³-hybridized carbons (Fsp3) is 0.625. The van der Waals surface area contributed by atoms with Gasteiger partial charge < -0.3 is 14.9 Å². The van der Waals surface area contributed by atoms with Gasteiger partial charge in [-0.15, -0.1) is 23.2 Å². The molecule has 1 heterocycles. The quantitative estimate of drug-likeness (QED) is 0.346. The number of nitrogens with zero attached hydrogens (tertiary/aromatic N) is 4. The summed E-state index contributed by atoms with van der Waals surface area (Å²) in [5.74, 6) is -1.47. The van der Waals surface area contributed by atoms with Crippen LogP contribution in [0.3, 0.4) is 0 Å². The van der Waals surface area contributed by atoms with Crippen molar-refractivity contribution >= 4 is 35.1 Å². The van der Waals surface area contributed by atoms with E-state index in [2.05, 4.69) is 10.1 Å². The van der Waals surface area contributed by atoms with E-state index in [0.717, 1.165) is 0 Å². The minimum atomic E-state index is -1.01. The van der Waals surface area contributed by atoms with Crippen molar-refractivity contribution in [3.05, 3.63) is 16.4 Å². The molecule has 1 aromatic heterocycles. The number of esters is 1. The maximum atomic E-state index is 11.4. The Morgan fingerprint density at radius 3 is 2.89 bits per heavy atom. The molecule has 1 aliphatic rings.